The van der Waals surface area contributed by atoms with Crippen molar-refractivity contribution in [3.8, 4) is 21.1 Å². The van der Waals surface area contributed by atoms with Crippen molar-refractivity contribution in [3.63, 3.8) is 0 Å². The molecule has 0 unspecified atom stereocenters. The van der Waals surface area contributed by atoms with E-state index < -0.39 is 5.91 Å². The maximum absolute atomic E-state index is 12.6. The molecule has 0 fully saturated rings. The summed E-state index contributed by atoms with van der Waals surface area (Å²) in [6.07, 6.45) is 26.3. The van der Waals surface area contributed by atoms with Gasteiger partial charge in [0.1, 0.15) is 10.7 Å². The number of rotatable bonds is 20. The summed E-state index contributed by atoms with van der Waals surface area (Å²) in [4.78, 5) is 38.9. The van der Waals surface area contributed by atoms with Crippen LogP contribution in [0.1, 0.15) is 127 Å². The van der Waals surface area contributed by atoms with Gasteiger partial charge in [0.2, 0.25) is 5.91 Å². The number of thiazole rings is 1. The number of nitrogens with zero attached hydrogens (tertiary/aromatic N) is 3. The van der Waals surface area contributed by atoms with Gasteiger partial charge in [-0.05, 0) is 30.7 Å². The van der Waals surface area contributed by atoms with Crippen LogP contribution in [0.15, 0.2) is 48.9 Å². The Kier molecular flexibility index (Phi) is 15.2. The fourth-order valence-electron chi connectivity index (χ4n) is 4.80. The van der Waals surface area contributed by atoms with Crippen molar-refractivity contribution in [1.82, 2.24) is 20.3 Å². The van der Waals surface area contributed by atoms with Crippen molar-refractivity contribution < 1.29 is 9.59 Å². The Labute approximate surface area is 244 Å². The van der Waals surface area contributed by atoms with E-state index in [0.29, 0.717) is 12.1 Å². The van der Waals surface area contributed by atoms with E-state index >= 15 is 0 Å². The van der Waals surface area contributed by atoms with Crippen LogP contribution in [-0.4, -0.2) is 26.8 Å². The predicted octanol–water partition coefficient (Wildman–Crippen LogP) is 9.18. The molecule has 6 nitrogen and oxygen atoms in total. The molecule has 0 atom stereocenters. The SMILES string of the molecule is CCCCCCCCCCCCCCCCCCC(=O)NC(=O)c1cccc(-c2cnc(-c3cccnc3)s2)n1. The number of hydrogen-bond donors (Lipinski definition) is 1. The minimum absolute atomic E-state index is 0.231. The topological polar surface area (TPSA) is 84.8 Å². The van der Waals surface area contributed by atoms with Crippen molar-refractivity contribution in [2.45, 2.75) is 116 Å². The van der Waals surface area contributed by atoms with E-state index in [9.17, 15) is 9.59 Å². The maximum atomic E-state index is 12.6. The Morgan fingerprint density at radius 2 is 1.38 bits per heavy atom. The number of unbranched alkanes of at least 4 members (excludes halogenated alkanes) is 15. The Balaban J connectivity index is 1.23. The molecule has 0 aliphatic rings. The minimum Gasteiger partial charge on any atom is -0.291 e. The molecule has 3 aromatic rings. The average Bonchev–Trinajstić information content (AvgIpc) is 3.48. The molecular weight excluding hydrogens is 516 g/mol. The van der Waals surface area contributed by atoms with Crippen LogP contribution >= 0.6 is 11.3 Å². The molecule has 0 spiro atoms. The highest BCUT2D eigenvalue weighted by atomic mass is 32.1. The van der Waals surface area contributed by atoms with E-state index in [0.717, 1.165) is 34.7 Å². The summed E-state index contributed by atoms with van der Waals surface area (Å²) in [5.41, 5.74) is 1.83. The average molecular weight is 563 g/mol. The van der Waals surface area contributed by atoms with Crippen molar-refractivity contribution in [2.24, 2.45) is 0 Å². The second-order valence-electron chi connectivity index (χ2n) is 10.6. The summed E-state index contributed by atoms with van der Waals surface area (Å²) in [5, 5.41) is 3.34. The summed E-state index contributed by atoms with van der Waals surface area (Å²) >= 11 is 1.49. The van der Waals surface area contributed by atoms with Crippen molar-refractivity contribution in [2.75, 3.05) is 0 Å². The summed E-state index contributed by atoms with van der Waals surface area (Å²) in [6.45, 7) is 2.27. The van der Waals surface area contributed by atoms with Crippen LogP contribution in [0.3, 0.4) is 0 Å². The van der Waals surface area contributed by atoms with Gasteiger partial charge < -0.3 is 0 Å². The van der Waals surface area contributed by atoms with Crippen LogP contribution < -0.4 is 5.32 Å². The van der Waals surface area contributed by atoms with E-state index in [2.05, 4.69) is 27.2 Å². The van der Waals surface area contributed by atoms with E-state index in [4.69, 9.17) is 0 Å². The lowest BCUT2D eigenvalue weighted by Crippen LogP contribution is -2.30. The van der Waals surface area contributed by atoms with Gasteiger partial charge in [0.05, 0.1) is 10.6 Å². The second-order valence-corrected chi connectivity index (χ2v) is 11.6. The number of pyridine rings is 2. The molecule has 1 N–H and O–H groups in total. The van der Waals surface area contributed by atoms with Crippen LogP contribution in [0.2, 0.25) is 0 Å². The number of nitrogens with one attached hydrogen (secondary N) is 1. The van der Waals surface area contributed by atoms with Crippen molar-refractivity contribution >= 4 is 23.2 Å². The Morgan fingerprint density at radius 3 is 1.98 bits per heavy atom. The van der Waals surface area contributed by atoms with Crippen LogP contribution in [0.5, 0.6) is 0 Å². The lowest BCUT2D eigenvalue weighted by Gasteiger charge is -2.05. The summed E-state index contributed by atoms with van der Waals surface area (Å²) in [5.74, 6) is -0.695. The van der Waals surface area contributed by atoms with Crippen molar-refractivity contribution in [1.29, 1.82) is 0 Å². The van der Waals surface area contributed by atoms with Gasteiger partial charge in [-0.1, -0.05) is 109 Å². The van der Waals surface area contributed by atoms with Gasteiger partial charge in [-0.15, -0.1) is 11.3 Å². The molecule has 0 aliphatic heterocycles. The highest BCUT2D eigenvalue weighted by Crippen LogP contribution is 2.30. The van der Waals surface area contributed by atoms with E-state index in [1.54, 1.807) is 30.7 Å². The Hall–Kier alpha value is -2.93. The van der Waals surface area contributed by atoms with Crippen LogP contribution in [0.4, 0.5) is 0 Å². The lowest BCUT2D eigenvalue weighted by molar-refractivity contribution is -0.120. The number of imide groups is 1. The molecule has 0 aromatic carbocycles. The van der Waals surface area contributed by atoms with Crippen LogP contribution in [0, 0.1) is 0 Å². The number of carbonyl (C=O) groups is 2. The molecule has 7 heteroatoms. The number of hydrogen-bond acceptors (Lipinski definition) is 6. The zero-order chi connectivity index (χ0) is 28.3. The number of aromatic nitrogens is 3. The highest BCUT2D eigenvalue weighted by molar-refractivity contribution is 7.18. The third-order valence-corrected chi connectivity index (χ3v) is 8.23. The molecule has 3 aromatic heterocycles. The fourth-order valence-corrected chi connectivity index (χ4v) is 5.68. The lowest BCUT2D eigenvalue weighted by atomic mass is 10.0. The molecule has 2 amide bonds. The Morgan fingerprint density at radius 1 is 0.750 bits per heavy atom. The molecule has 3 heterocycles. The Bertz CT molecular complexity index is 1130. The number of amides is 2. The quantitative estimate of drug-likeness (QED) is 0.139. The maximum Gasteiger partial charge on any atom is 0.276 e. The second kappa shape index (κ2) is 19.2. The molecule has 0 bridgehead atoms. The van der Waals surface area contributed by atoms with Crippen LogP contribution in [0.25, 0.3) is 21.1 Å². The minimum atomic E-state index is -0.458. The van der Waals surface area contributed by atoms with Gasteiger partial charge >= 0.3 is 0 Å². The monoisotopic (exact) mass is 562 g/mol. The summed E-state index contributed by atoms with van der Waals surface area (Å²) < 4.78 is 0. The van der Waals surface area contributed by atoms with Crippen LogP contribution in [-0.2, 0) is 4.79 Å². The van der Waals surface area contributed by atoms with Gasteiger partial charge in [-0.25, -0.2) is 9.97 Å². The van der Waals surface area contributed by atoms with Gasteiger partial charge in [0.15, 0.2) is 0 Å². The predicted molar refractivity (Wildman–Crippen MR) is 165 cm³/mol. The molecule has 40 heavy (non-hydrogen) atoms. The fraction of sp³-hybridized carbons (Fsp3) is 0.545. The smallest absolute Gasteiger partial charge is 0.276 e. The molecule has 216 valence electrons. The zero-order valence-electron chi connectivity index (χ0n) is 24.2. The van der Waals surface area contributed by atoms with Gasteiger partial charge in [-0.3, -0.25) is 19.9 Å². The van der Waals surface area contributed by atoms with E-state index in [-0.39, 0.29) is 11.6 Å². The highest BCUT2D eigenvalue weighted by Gasteiger charge is 2.14. The third kappa shape index (κ3) is 12.1. The first-order valence-corrected chi connectivity index (χ1v) is 16.2. The first-order chi connectivity index (χ1) is 19.7. The van der Waals surface area contributed by atoms with Gasteiger partial charge in [0, 0.05) is 30.6 Å². The molecular formula is C33H46N4O2S. The standard InChI is InChI=1S/C33H46N4O2S/c1-2-3-4-5-6-7-8-9-10-11-12-13-14-15-16-17-23-31(38)37-32(39)29-22-18-21-28(36-29)30-26-35-33(40-30)27-20-19-24-34-25-27/h18-22,24-26H,2-17,23H2,1H3,(H,37,38,39). The van der Waals surface area contributed by atoms with Gasteiger partial charge in [0.25, 0.3) is 5.91 Å². The largest absolute Gasteiger partial charge is 0.291 e. The molecule has 0 saturated carbocycles. The zero-order valence-corrected chi connectivity index (χ0v) is 25.0. The number of carbonyl (C=O) groups excluding carboxylic acids is 2. The first kappa shape index (κ1) is 31.6. The van der Waals surface area contributed by atoms with Crippen molar-refractivity contribution in [3.05, 3.63) is 54.6 Å². The molecule has 0 saturated heterocycles. The molecule has 0 aliphatic carbocycles. The third-order valence-electron chi connectivity index (χ3n) is 7.16. The molecule has 3 rings (SSSR count). The molecule has 0 radical (unpaired) electrons. The van der Waals surface area contributed by atoms with Gasteiger partial charge in [-0.2, -0.15) is 0 Å². The first-order valence-electron chi connectivity index (χ1n) is 15.3. The van der Waals surface area contributed by atoms with E-state index in [1.165, 1.54) is 94.8 Å². The normalized spacial score (nSPS) is 11.0. The summed E-state index contributed by atoms with van der Waals surface area (Å²) in [7, 11) is 0. The summed E-state index contributed by atoms with van der Waals surface area (Å²) in [6, 6.07) is 9.08. The van der Waals surface area contributed by atoms with E-state index in [1.807, 2.05) is 18.2 Å².